The molecule has 2 aromatic heterocycles. The molecule has 0 fully saturated rings. The third-order valence-electron chi connectivity index (χ3n) is 5.05. The maximum atomic E-state index is 12.4. The van der Waals surface area contributed by atoms with Gasteiger partial charge in [-0.05, 0) is 56.3 Å². The minimum Gasteiger partial charge on any atom is -0.496 e. The molecule has 0 saturated heterocycles. The summed E-state index contributed by atoms with van der Waals surface area (Å²) in [5.74, 6) is 2.67. The number of carbonyl (C=O) groups is 1. The van der Waals surface area contributed by atoms with Crippen molar-refractivity contribution in [1.82, 2.24) is 25.1 Å². The molecule has 2 heterocycles. The van der Waals surface area contributed by atoms with Crippen LogP contribution in [0.15, 0.2) is 60.7 Å². The van der Waals surface area contributed by atoms with E-state index in [9.17, 15) is 4.79 Å². The molecule has 0 aliphatic rings. The van der Waals surface area contributed by atoms with E-state index in [0.717, 1.165) is 11.3 Å². The summed E-state index contributed by atoms with van der Waals surface area (Å²) in [5, 5.41) is 15.7. The Bertz CT molecular complexity index is 1270. The number of para-hydroxylation sites is 1. The van der Waals surface area contributed by atoms with Gasteiger partial charge in [0.15, 0.2) is 17.6 Å². The molecule has 0 aliphatic heterocycles. The lowest BCUT2D eigenvalue weighted by atomic mass is 10.2. The zero-order valence-corrected chi connectivity index (χ0v) is 19.8. The number of methoxy groups -OCH3 is 1. The largest absolute Gasteiger partial charge is 0.496 e. The van der Waals surface area contributed by atoms with Crippen LogP contribution in [0.1, 0.15) is 13.8 Å². The van der Waals surface area contributed by atoms with Gasteiger partial charge in [-0.15, -0.1) is 15.3 Å². The Morgan fingerprint density at radius 1 is 1.00 bits per heavy atom. The second-order valence-corrected chi connectivity index (χ2v) is 7.47. The molecule has 0 radical (unpaired) electrons. The number of fused-ring (bicyclic) bond motifs is 1. The van der Waals surface area contributed by atoms with E-state index in [2.05, 4.69) is 20.6 Å². The monoisotopic (exact) mass is 477 g/mol. The number of aromatic nitrogens is 4. The number of carbonyl (C=O) groups excluding carboxylic acids is 1. The van der Waals surface area contributed by atoms with Gasteiger partial charge in [0.1, 0.15) is 23.9 Å². The molecule has 1 atom stereocenters. The Morgan fingerprint density at radius 2 is 1.77 bits per heavy atom. The van der Waals surface area contributed by atoms with Crippen LogP contribution in [-0.2, 0) is 4.79 Å². The SMILES string of the molecule is CCOc1ccc(OC(C)C(=O)NCCOc2ccc3nnc(-c4ccccc4OC)n3n2)cc1. The number of amides is 1. The maximum Gasteiger partial charge on any atom is 0.260 e. The first-order chi connectivity index (χ1) is 17.1. The van der Waals surface area contributed by atoms with Crippen molar-refractivity contribution in [2.45, 2.75) is 20.0 Å². The molecule has 4 aromatic rings. The van der Waals surface area contributed by atoms with E-state index in [1.807, 2.05) is 31.2 Å². The average Bonchev–Trinajstić information content (AvgIpc) is 3.31. The fourth-order valence-electron chi connectivity index (χ4n) is 3.36. The number of hydrogen-bond donors (Lipinski definition) is 1. The van der Waals surface area contributed by atoms with Crippen LogP contribution >= 0.6 is 0 Å². The molecule has 1 unspecified atom stereocenters. The number of hydrogen-bond acceptors (Lipinski definition) is 8. The number of benzene rings is 2. The van der Waals surface area contributed by atoms with Gasteiger partial charge in [0, 0.05) is 6.07 Å². The number of nitrogens with zero attached hydrogens (tertiary/aromatic N) is 4. The minimum atomic E-state index is -0.664. The van der Waals surface area contributed by atoms with Crippen LogP contribution < -0.4 is 24.3 Å². The molecular weight excluding hydrogens is 450 g/mol. The third-order valence-corrected chi connectivity index (χ3v) is 5.05. The summed E-state index contributed by atoms with van der Waals surface area (Å²) in [6.45, 7) is 4.71. The van der Waals surface area contributed by atoms with E-state index in [1.54, 1.807) is 54.9 Å². The van der Waals surface area contributed by atoms with Gasteiger partial charge in [0.2, 0.25) is 5.88 Å². The van der Waals surface area contributed by atoms with Crippen LogP contribution in [0.3, 0.4) is 0 Å². The molecule has 10 nitrogen and oxygen atoms in total. The standard InChI is InChI=1S/C25H27N5O5/c1-4-33-18-9-11-19(12-10-18)35-17(2)25(31)26-15-16-34-23-14-13-22-27-28-24(30(22)29-23)20-7-5-6-8-21(20)32-3/h5-14,17H,4,15-16H2,1-3H3,(H,26,31). The number of nitrogens with one attached hydrogen (secondary N) is 1. The van der Waals surface area contributed by atoms with Crippen LogP contribution in [0.5, 0.6) is 23.1 Å². The van der Waals surface area contributed by atoms with Gasteiger partial charge in [-0.1, -0.05) is 12.1 Å². The van der Waals surface area contributed by atoms with Crippen LogP contribution in [0, 0.1) is 0 Å². The average molecular weight is 478 g/mol. The van der Waals surface area contributed by atoms with E-state index in [-0.39, 0.29) is 19.1 Å². The first kappa shape index (κ1) is 23.8. The highest BCUT2D eigenvalue weighted by molar-refractivity contribution is 5.80. The highest BCUT2D eigenvalue weighted by Crippen LogP contribution is 2.28. The summed E-state index contributed by atoms with van der Waals surface area (Å²) in [7, 11) is 1.60. The molecule has 0 bridgehead atoms. The molecule has 182 valence electrons. The van der Waals surface area contributed by atoms with E-state index < -0.39 is 6.10 Å². The summed E-state index contributed by atoms with van der Waals surface area (Å²) >= 11 is 0. The molecule has 0 saturated carbocycles. The van der Waals surface area contributed by atoms with Gasteiger partial charge in [0.05, 0.1) is 25.8 Å². The highest BCUT2D eigenvalue weighted by Gasteiger charge is 2.16. The van der Waals surface area contributed by atoms with E-state index in [1.165, 1.54) is 0 Å². The van der Waals surface area contributed by atoms with Gasteiger partial charge in [-0.3, -0.25) is 4.79 Å². The Hall–Kier alpha value is -4.34. The van der Waals surface area contributed by atoms with E-state index in [0.29, 0.717) is 35.5 Å². The van der Waals surface area contributed by atoms with Crippen LogP contribution in [-0.4, -0.2) is 58.7 Å². The second kappa shape index (κ2) is 11.2. The topological polar surface area (TPSA) is 109 Å². The van der Waals surface area contributed by atoms with Crippen molar-refractivity contribution >= 4 is 11.6 Å². The highest BCUT2D eigenvalue weighted by atomic mass is 16.5. The fourth-order valence-corrected chi connectivity index (χ4v) is 3.36. The van der Waals surface area contributed by atoms with Gasteiger partial charge < -0.3 is 24.3 Å². The molecular formula is C25H27N5O5. The molecule has 2 aromatic carbocycles. The second-order valence-electron chi connectivity index (χ2n) is 7.47. The Labute approximate surface area is 202 Å². The first-order valence-electron chi connectivity index (χ1n) is 11.2. The van der Waals surface area contributed by atoms with Crippen molar-refractivity contribution < 1.29 is 23.7 Å². The molecule has 0 spiro atoms. The summed E-state index contributed by atoms with van der Waals surface area (Å²) in [4.78, 5) is 12.4. The summed E-state index contributed by atoms with van der Waals surface area (Å²) in [5.41, 5.74) is 1.34. The van der Waals surface area contributed by atoms with Gasteiger partial charge in [-0.2, -0.15) is 4.52 Å². The molecule has 1 amide bonds. The quantitative estimate of drug-likeness (QED) is 0.328. The Morgan fingerprint density at radius 3 is 2.54 bits per heavy atom. The predicted octanol–water partition coefficient (Wildman–Crippen LogP) is 3.16. The van der Waals surface area contributed by atoms with Gasteiger partial charge >= 0.3 is 0 Å². The molecule has 1 N–H and O–H groups in total. The first-order valence-corrected chi connectivity index (χ1v) is 11.2. The third kappa shape index (κ3) is 5.78. The minimum absolute atomic E-state index is 0.228. The zero-order chi connectivity index (χ0) is 24.6. The summed E-state index contributed by atoms with van der Waals surface area (Å²) < 4.78 is 23.8. The number of ether oxygens (including phenoxy) is 4. The Balaban J connectivity index is 1.30. The lowest BCUT2D eigenvalue weighted by Gasteiger charge is -2.15. The van der Waals surface area contributed by atoms with Crippen molar-refractivity contribution in [2.24, 2.45) is 0 Å². The van der Waals surface area contributed by atoms with Gasteiger partial charge in [-0.25, -0.2) is 0 Å². The number of rotatable bonds is 11. The zero-order valence-electron chi connectivity index (χ0n) is 19.8. The lowest BCUT2D eigenvalue weighted by Crippen LogP contribution is -2.38. The van der Waals surface area contributed by atoms with Crippen molar-refractivity contribution in [1.29, 1.82) is 0 Å². The summed E-state index contributed by atoms with van der Waals surface area (Å²) in [6, 6.07) is 18.1. The fraction of sp³-hybridized carbons (Fsp3) is 0.280. The van der Waals surface area contributed by atoms with Crippen LogP contribution in [0.4, 0.5) is 0 Å². The Kier molecular flexibility index (Phi) is 7.61. The van der Waals surface area contributed by atoms with Crippen molar-refractivity contribution in [3.8, 4) is 34.5 Å². The van der Waals surface area contributed by atoms with E-state index >= 15 is 0 Å². The normalized spacial score (nSPS) is 11.6. The van der Waals surface area contributed by atoms with Crippen molar-refractivity contribution in [3.63, 3.8) is 0 Å². The van der Waals surface area contributed by atoms with Crippen LogP contribution in [0.2, 0.25) is 0 Å². The van der Waals surface area contributed by atoms with E-state index in [4.69, 9.17) is 18.9 Å². The molecule has 10 heteroatoms. The molecule has 0 aliphatic carbocycles. The van der Waals surface area contributed by atoms with Crippen LogP contribution in [0.25, 0.3) is 17.0 Å². The maximum absolute atomic E-state index is 12.4. The predicted molar refractivity (Wildman–Crippen MR) is 129 cm³/mol. The smallest absolute Gasteiger partial charge is 0.260 e. The summed E-state index contributed by atoms with van der Waals surface area (Å²) in [6.07, 6.45) is -0.664. The lowest BCUT2D eigenvalue weighted by molar-refractivity contribution is -0.127. The van der Waals surface area contributed by atoms with Crippen molar-refractivity contribution in [2.75, 3.05) is 26.9 Å². The molecule has 35 heavy (non-hydrogen) atoms. The van der Waals surface area contributed by atoms with Gasteiger partial charge in [0.25, 0.3) is 5.91 Å². The van der Waals surface area contributed by atoms with Crippen molar-refractivity contribution in [3.05, 3.63) is 60.7 Å². The molecule has 4 rings (SSSR count).